The zero-order valence-electron chi connectivity index (χ0n) is 17.5. The molecule has 0 radical (unpaired) electrons. The van der Waals surface area contributed by atoms with E-state index in [0.29, 0.717) is 0 Å². The molecule has 0 aromatic heterocycles. The number of hydrogen-bond acceptors (Lipinski definition) is 10. The molecule has 0 spiro atoms. The van der Waals surface area contributed by atoms with Gasteiger partial charge >= 0.3 is 11.8 Å². The molecular formula is C20H22N4O10. The molecule has 0 bridgehead atoms. The van der Waals surface area contributed by atoms with Crippen molar-refractivity contribution in [1.82, 2.24) is 10.6 Å². The van der Waals surface area contributed by atoms with Gasteiger partial charge < -0.3 is 31.1 Å². The van der Waals surface area contributed by atoms with Gasteiger partial charge in [-0.3, -0.25) is 29.8 Å². The Morgan fingerprint density at radius 1 is 0.706 bits per heavy atom. The third kappa shape index (κ3) is 6.52. The van der Waals surface area contributed by atoms with Gasteiger partial charge in [0.15, 0.2) is 0 Å². The number of aliphatic hydroxyl groups is 4. The van der Waals surface area contributed by atoms with Crippen molar-refractivity contribution in [2.45, 2.75) is 24.3 Å². The van der Waals surface area contributed by atoms with Crippen molar-refractivity contribution >= 4 is 23.2 Å². The highest BCUT2D eigenvalue weighted by Gasteiger charge is 2.29. The summed E-state index contributed by atoms with van der Waals surface area (Å²) in [7, 11) is 0. The monoisotopic (exact) mass is 478 g/mol. The number of nitro groups is 2. The second-order valence-electron chi connectivity index (χ2n) is 7.11. The van der Waals surface area contributed by atoms with Crippen LogP contribution in [0.25, 0.3) is 0 Å². The average molecular weight is 478 g/mol. The molecule has 4 atom stereocenters. The summed E-state index contributed by atoms with van der Waals surface area (Å²) < 4.78 is 0. The lowest BCUT2D eigenvalue weighted by Crippen LogP contribution is -2.52. The Morgan fingerprint density at radius 3 is 1.24 bits per heavy atom. The summed E-state index contributed by atoms with van der Waals surface area (Å²) in [6, 6.07) is 6.65. The molecule has 0 aliphatic heterocycles. The molecule has 0 aliphatic carbocycles. The minimum atomic E-state index is -1.51. The van der Waals surface area contributed by atoms with E-state index in [9.17, 15) is 50.2 Å². The van der Waals surface area contributed by atoms with Crippen molar-refractivity contribution in [2.75, 3.05) is 13.2 Å². The van der Waals surface area contributed by atoms with Crippen molar-refractivity contribution in [3.8, 4) is 0 Å². The number of carbonyl (C=O) groups is 2. The molecule has 14 heteroatoms. The fraction of sp³-hybridized carbons (Fsp3) is 0.300. The maximum absolute atomic E-state index is 12.2. The second kappa shape index (κ2) is 11.8. The van der Waals surface area contributed by atoms with E-state index in [1.807, 2.05) is 0 Å². The van der Waals surface area contributed by atoms with Crippen LogP contribution in [0.4, 0.5) is 11.4 Å². The van der Waals surface area contributed by atoms with Crippen LogP contribution >= 0.6 is 0 Å². The summed E-state index contributed by atoms with van der Waals surface area (Å²) in [6.07, 6.45) is -3.02. The first-order chi connectivity index (χ1) is 16.1. The van der Waals surface area contributed by atoms with Gasteiger partial charge in [0.2, 0.25) is 0 Å². The number of rotatable bonds is 10. The number of benzene rings is 2. The second-order valence-corrected chi connectivity index (χ2v) is 7.11. The van der Waals surface area contributed by atoms with E-state index in [-0.39, 0.29) is 22.5 Å². The van der Waals surface area contributed by atoms with Crippen LogP contribution in [-0.4, -0.2) is 67.4 Å². The molecule has 0 heterocycles. The van der Waals surface area contributed by atoms with Gasteiger partial charge in [-0.2, -0.15) is 0 Å². The van der Waals surface area contributed by atoms with E-state index in [0.717, 1.165) is 24.3 Å². The lowest BCUT2D eigenvalue weighted by molar-refractivity contribution is -0.385. The molecule has 34 heavy (non-hydrogen) atoms. The Labute approximate surface area is 191 Å². The quantitative estimate of drug-likeness (QED) is 0.142. The topological polar surface area (TPSA) is 225 Å². The zero-order valence-corrected chi connectivity index (χ0v) is 17.5. The number of nitrogens with one attached hydrogen (secondary N) is 2. The summed E-state index contributed by atoms with van der Waals surface area (Å²) in [5, 5.41) is 65.4. The van der Waals surface area contributed by atoms with Crippen molar-refractivity contribution in [3.63, 3.8) is 0 Å². The molecule has 0 saturated carbocycles. The molecule has 14 nitrogen and oxygen atoms in total. The van der Waals surface area contributed by atoms with Crippen LogP contribution in [0.3, 0.4) is 0 Å². The van der Waals surface area contributed by atoms with Crippen LogP contribution in [0, 0.1) is 20.2 Å². The van der Waals surface area contributed by atoms with E-state index >= 15 is 0 Å². The third-order valence-electron chi connectivity index (χ3n) is 4.89. The predicted octanol–water partition coefficient (Wildman–Crippen LogP) is -0.776. The Bertz CT molecular complexity index is 945. The summed E-state index contributed by atoms with van der Waals surface area (Å²) >= 11 is 0. The van der Waals surface area contributed by atoms with Crippen molar-refractivity contribution in [2.24, 2.45) is 0 Å². The van der Waals surface area contributed by atoms with Crippen LogP contribution in [0.5, 0.6) is 0 Å². The SMILES string of the molecule is O=C(N[C@@H](CO)[C@@H](O)c1ccc([N+](=O)[O-])cc1)C(=O)N[C@@H](CO)[C@@H](O)c1ccc([N+](=O)[O-])cc1. The maximum Gasteiger partial charge on any atom is 0.309 e. The van der Waals surface area contributed by atoms with Crippen molar-refractivity contribution < 1.29 is 39.9 Å². The molecule has 2 aromatic rings. The first kappa shape index (κ1) is 26.3. The Hall–Kier alpha value is -3.98. The standard InChI is InChI=1S/C20H22N4O10/c25-9-15(17(27)11-1-5-13(6-2-11)23(31)32)21-19(29)20(30)22-16(10-26)18(28)12-3-7-14(8-4-12)24(33)34/h1-8,15-18,25-28H,9-10H2,(H,21,29)(H,22,30)/t15-,16-,17-,18-/m0/s1. The van der Waals surface area contributed by atoms with Crippen molar-refractivity contribution in [1.29, 1.82) is 0 Å². The lowest BCUT2D eigenvalue weighted by atomic mass is 10.0. The summed E-state index contributed by atoms with van der Waals surface area (Å²) in [5.74, 6) is -2.59. The van der Waals surface area contributed by atoms with Gasteiger partial charge in [0.05, 0.1) is 35.1 Å². The number of nitro benzene ring substituents is 2. The minimum absolute atomic E-state index is 0.132. The van der Waals surface area contributed by atoms with Crippen LogP contribution in [0.2, 0.25) is 0 Å². The zero-order chi connectivity index (χ0) is 25.4. The van der Waals surface area contributed by atoms with Gasteiger partial charge in [0, 0.05) is 24.3 Å². The van der Waals surface area contributed by atoms with Gasteiger partial charge in [-0.25, -0.2) is 0 Å². The molecule has 0 aliphatic rings. The maximum atomic E-state index is 12.2. The number of hydrogen-bond donors (Lipinski definition) is 6. The molecule has 2 rings (SSSR count). The van der Waals surface area contributed by atoms with E-state index < -0.39 is 59.2 Å². The first-order valence-electron chi connectivity index (χ1n) is 9.77. The van der Waals surface area contributed by atoms with Gasteiger partial charge in [-0.1, -0.05) is 0 Å². The summed E-state index contributed by atoms with van der Waals surface area (Å²) in [5.41, 5.74) is -0.206. The molecule has 0 fully saturated rings. The van der Waals surface area contributed by atoms with Crippen molar-refractivity contribution in [3.05, 3.63) is 79.9 Å². The molecule has 6 N–H and O–H groups in total. The summed E-state index contributed by atoms with van der Waals surface area (Å²) in [4.78, 5) is 44.7. The smallest absolute Gasteiger partial charge is 0.309 e. The van der Waals surface area contributed by atoms with E-state index in [1.54, 1.807) is 0 Å². The number of non-ortho nitro benzene ring substituents is 2. The summed E-state index contributed by atoms with van der Waals surface area (Å²) in [6.45, 7) is -1.57. The predicted molar refractivity (Wildman–Crippen MR) is 114 cm³/mol. The highest BCUT2D eigenvalue weighted by atomic mass is 16.6. The van der Waals surface area contributed by atoms with Gasteiger partial charge in [-0.05, 0) is 35.4 Å². The average Bonchev–Trinajstić information content (AvgIpc) is 2.84. The third-order valence-corrected chi connectivity index (χ3v) is 4.89. The minimum Gasteiger partial charge on any atom is -0.394 e. The number of nitrogens with zero attached hydrogens (tertiary/aromatic N) is 2. The Morgan fingerprint density at radius 2 is 1.00 bits per heavy atom. The lowest BCUT2D eigenvalue weighted by Gasteiger charge is -2.24. The molecule has 0 unspecified atom stereocenters. The van der Waals surface area contributed by atoms with Crippen LogP contribution in [0.15, 0.2) is 48.5 Å². The number of carbonyl (C=O) groups excluding carboxylic acids is 2. The van der Waals surface area contributed by atoms with E-state index in [1.165, 1.54) is 24.3 Å². The van der Waals surface area contributed by atoms with E-state index in [2.05, 4.69) is 10.6 Å². The number of amides is 2. The highest BCUT2D eigenvalue weighted by Crippen LogP contribution is 2.22. The molecule has 2 amide bonds. The van der Waals surface area contributed by atoms with Gasteiger partial charge in [0.1, 0.15) is 12.2 Å². The molecule has 182 valence electrons. The molecule has 0 saturated heterocycles. The van der Waals surface area contributed by atoms with Crippen LogP contribution in [0.1, 0.15) is 23.3 Å². The van der Waals surface area contributed by atoms with E-state index in [4.69, 9.17) is 0 Å². The van der Waals surface area contributed by atoms with Gasteiger partial charge in [0.25, 0.3) is 11.4 Å². The first-order valence-corrected chi connectivity index (χ1v) is 9.77. The normalized spacial score (nSPS) is 14.4. The van der Waals surface area contributed by atoms with Gasteiger partial charge in [-0.15, -0.1) is 0 Å². The fourth-order valence-electron chi connectivity index (χ4n) is 2.97. The number of aliphatic hydroxyl groups excluding tert-OH is 4. The van der Waals surface area contributed by atoms with Crippen LogP contribution < -0.4 is 10.6 Å². The highest BCUT2D eigenvalue weighted by molar-refractivity contribution is 6.35. The fourth-order valence-corrected chi connectivity index (χ4v) is 2.97. The Kier molecular flexibility index (Phi) is 9.09. The Balaban J connectivity index is 2.03. The largest absolute Gasteiger partial charge is 0.394 e. The molecular weight excluding hydrogens is 456 g/mol. The van der Waals surface area contributed by atoms with Crippen LogP contribution in [-0.2, 0) is 9.59 Å². The molecule has 2 aromatic carbocycles.